The van der Waals surface area contributed by atoms with E-state index in [0.29, 0.717) is 34.0 Å². The van der Waals surface area contributed by atoms with Crippen molar-refractivity contribution in [2.75, 3.05) is 0 Å². The Bertz CT molecular complexity index is 3860. The van der Waals surface area contributed by atoms with Crippen LogP contribution in [0, 0.1) is 24.8 Å². The van der Waals surface area contributed by atoms with Gasteiger partial charge in [0.1, 0.15) is 0 Å². The number of hydrogen-bond donors (Lipinski definition) is 0. The molecule has 7 aromatic carbocycles. The van der Waals surface area contributed by atoms with Crippen molar-refractivity contribution in [2.45, 2.75) is 85.8 Å². The molecule has 353 valence electrons. The number of aryl methyl sites for hydroxylation is 1. The van der Waals surface area contributed by atoms with Gasteiger partial charge in [0.2, 0.25) is 5.71 Å². The second kappa shape index (κ2) is 19.3. The van der Waals surface area contributed by atoms with Gasteiger partial charge in [0.15, 0.2) is 0 Å². The van der Waals surface area contributed by atoms with Gasteiger partial charge < -0.3 is 14.0 Å². The number of rotatable bonds is 8. The molecule has 0 saturated heterocycles. The van der Waals surface area contributed by atoms with Crippen LogP contribution in [0.5, 0.6) is 0 Å². The summed E-state index contributed by atoms with van der Waals surface area (Å²) in [5.74, 6) is 1.32. The number of imidazole rings is 1. The molecule has 4 heterocycles. The summed E-state index contributed by atoms with van der Waals surface area (Å²) in [6.07, 6.45) is 1.67. The molecule has 0 saturated carbocycles. The number of benzene rings is 7. The van der Waals surface area contributed by atoms with Crippen molar-refractivity contribution in [1.29, 1.82) is 0 Å². The zero-order valence-electron chi connectivity index (χ0n) is 44.0. The van der Waals surface area contributed by atoms with E-state index in [4.69, 9.17) is 18.5 Å². The Morgan fingerprint density at radius 1 is 0.700 bits per heavy atom. The van der Waals surface area contributed by atoms with E-state index in [2.05, 4.69) is 168 Å². The second-order valence-corrected chi connectivity index (χ2v) is 25.0. The minimum Gasteiger partial charge on any atom is -0.486 e. The Morgan fingerprint density at radius 2 is 1.43 bits per heavy atom. The third-order valence-corrected chi connectivity index (χ3v) is 15.2. The molecule has 5 nitrogen and oxygen atoms in total. The molecule has 4 aromatic heterocycles. The average molecular weight is 1120 g/mol. The number of aromatic nitrogens is 4. The fraction of sp³-hybridized carbons (Fsp3) is 0.210. The first kappa shape index (κ1) is 44.6. The first-order chi connectivity index (χ1) is 34.4. The fourth-order valence-electron chi connectivity index (χ4n) is 9.67. The van der Waals surface area contributed by atoms with Crippen LogP contribution in [0.25, 0.3) is 94.1 Å². The Balaban J connectivity index is 0.000000201. The second-order valence-electron chi connectivity index (χ2n) is 20.0. The molecule has 11 aromatic rings. The minimum absolute atomic E-state index is 0. The summed E-state index contributed by atoms with van der Waals surface area (Å²) in [7, 11) is -1.88. The van der Waals surface area contributed by atoms with E-state index in [-0.39, 0.29) is 37.8 Å². The Morgan fingerprint density at radius 3 is 2.14 bits per heavy atom. The summed E-state index contributed by atoms with van der Waals surface area (Å²) in [6.45, 7) is 17.6. The maximum absolute atomic E-state index is 14.3. The molecule has 0 aliphatic rings. The van der Waals surface area contributed by atoms with Crippen molar-refractivity contribution in [1.82, 2.24) is 19.5 Å². The molecule has 0 bridgehead atoms. The van der Waals surface area contributed by atoms with Crippen molar-refractivity contribution in [2.24, 2.45) is 0 Å². The molecule has 11 rings (SSSR count). The van der Waals surface area contributed by atoms with Crippen molar-refractivity contribution < 1.29 is 33.0 Å². The van der Waals surface area contributed by atoms with Gasteiger partial charge in [-0.25, -0.2) is 4.98 Å². The van der Waals surface area contributed by atoms with Crippen molar-refractivity contribution in [3.05, 3.63) is 186 Å². The van der Waals surface area contributed by atoms with E-state index in [1.54, 1.807) is 18.3 Å². The molecule has 0 fully saturated rings. The molecule has 0 aliphatic heterocycles. The average Bonchev–Trinajstić information content (AvgIpc) is 3.94. The first-order valence-corrected chi connectivity index (χ1v) is 27.4. The Labute approximate surface area is 429 Å². The maximum Gasteiger partial charge on any atom is 0.216 e. The largest absolute Gasteiger partial charge is 0.486 e. The quantitative estimate of drug-likeness (QED) is 0.112. The van der Waals surface area contributed by atoms with E-state index in [1.165, 1.54) is 44.4 Å². The van der Waals surface area contributed by atoms with Gasteiger partial charge in [0.05, 0.1) is 30.5 Å². The topological polar surface area (TPSA) is 56.7 Å². The summed E-state index contributed by atoms with van der Waals surface area (Å²) < 4.78 is 47.1. The molecule has 0 N–H and O–H groups in total. The van der Waals surface area contributed by atoms with Gasteiger partial charge >= 0.3 is 0 Å². The van der Waals surface area contributed by atoms with Crippen LogP contribution in [0.2, 0.25) is 19.6 Å². The molecular weight excluding hydrogens is 1060 g/mol. The van der Waals surface area contributed by atoms with Gasteiger partial charge in [-0.2, -0.15) is 0 Å². The third-order valence-electron chi connectivity index (χ3n) is 13.2. The summed E-state index contributed by atoms with van der Waals surface area (Å²) in [6, 6.07) is 52.7. The molecule has 8 heteroatoms. The zero-order valence-corrected chi connectivity index (χ0v) is 44.4. The molecule has 70 heavy (non-hydrogen) atoms. The summed E-state index contributed by atoms with van der Waals surface area (Å²) in [5, 5.41) is 7.75. The van der Waals surface area contributed by atoms with Crippen molar-refractivity contribution >= 4 is 67.9 Å². The van der Waals surface area contributed by atoms with Crippen LogP contribution < -0.4 is 5.19 Å². The van der Waals surface area contributed by atoms with Crippen molar-refractivity contribution in [3.8, 4) is 39.5 Å². The predicted octanol–water partition coefficient (Wildman–Crippen LogP) is 16.7. The van der Waals surface area contributed by atoms with Gasteiger partial charge in [0.25, 0.3) is 0 Å². The monoisotopic (exact) mass is 1120 g/mol. The molecule has 1 radical (unpaired) electrons. The summed E-state index contributed by atoms with van der Waals surface area (Å²) in [5.41, 5.74) is 11.7. The third kappa shape index (κ3) is 8.82. The predicted molar refractivity (Wildman–Crippen MR) is 289 cm³/mol. The first-order valence-electron chi connectivity index (χ1n) is 25.4. The van der Waals surface area contributed by atoms with Crippen LogP contribution in [0.3, 0.4) is 0 Å². The molecule has 0 unspecified atom stereocenters. The normalized spacial score (nSPS) is 12.7. The molecule has 0 atom stereocenters. The van der Waals surface area contributed by atoms with Crippen LogP contribution in [-0.4, -0.2) is 27.6 Å². The van der Waals surface area contributed by atoms with Crippen LogP contribution >= 0.6 is 0 Å². The van der Waals surface area contributed by atoms with E-state index in [9.17, 15) is 4.39 Å². The minimum atomic E-state index is -2.23. The molecule has 0 spiro atoms. The summed E-state index contributed by atoms with van der Waals surface area (Å²) in [4.78, 5) is 14.8. The van der Waals surface area contributed by atoms with Gasteiger partial charge in [-0.1, -0.05) is 174 Å². The fourth-order valence-corrected chi connectivity index (χ4v) is 11.0. The number of furan rings is 1. The Kier molecular flexibility index (Phi) is 12.3. The van der Waals surface area contributed by atoms with Crippen LogP contribution in [0.1, 0.15) is 85.8 Å². The number of halogens is 1. The number of hydrogen-bond acceptors (Lipinski definition) is 4. The number of nitrogens with zero attached hydrogens (tertiary/aromatic N) is 4. The van der Waals surface area contributed by atoms with Gasteiger partial charge in [-0.3, -0.25) is 9.37 Å². The Hall–Kier alpha value is -6.57. The van der Waals surface area contributed by atoms with Gasteiger partial charge in [0, 0.05) is 58.4 Å². The number of fused-ring (bicyclic) bond motifs is 7. The SMILES string of the molecule is CC(C)c1ccc2c(n1)oc1c(-c3nc4ccc5ccccc5c4n3-c3c(C(C)C)cc4ccccc4c3C(C)C)[c-]ccc12.[2H]C([2H])([2H])c1cc(-c2[c-]cc(F)c(-c3ccccc3)c2)ncc1[Si](C)(C)C.[Ir]. The van der Waals surface area contributed by atoms with Gasteiger partial charge in [-0.05, 0) is 92.6 Å². The van der Waals surface area contributed by atoms with Crippen LogP contribution in [-0.2, 0) is 20.1 Å². The van der Waals surface area contributed by atoms with E-state index in [0.717, 1.165) is 55.2 Å². The van der Waals surface area contributed by atoms with Gasteiger partial charge in [-0.15, -0.1) is 42.0 Å². The van der Waals surface area contributed by atoms with E-state index >= 15 is 0 Å². The van der Waals surface area contributed by atoms with E-state index < -0.39 is 14.9 Å². The van der Waals surface area contributed by atoms with E-state index in [1.807, 2.05) is 36.4 Å². The zero-order chi connectivity index (χ0) is 50.8. The maximum atomic E-state index is 14.3. The molecule has 0 amide bonds. The molecule has 0 aliphatic carbocycles. The molecular formula is C62H57FIrN4OSi-2. The van der Waals surface area contributed by atoms with Crippen molar-refractivity contribution in [3.63, 3.8) is 0 Å². The smallest absolute Gasteiger partial charge is 0.216 e. The van der Waals surface area contributed by atoms with Crippen LogP contribution in [0.15, 0.2) is 150 Å². The van der Waals surface area contributed by atoms with Crippen LogP contribution in [0.4, 0.5) is 4.39 Å². The number of pyridine rings is 2. The summed E-state index contributed by atoms with van der Waals surface area (Å²) >= 11 is 0. The standard InChI is InChI=1S/C41H36N3O.C21H21FNSi.Ir/c1-23(2)33-22-27-13-8-9-14-28(27)36(25(5)6)38(33)44-37-29-15-10-7-12-26(29)18-20-35(37)42-40(44)32-17-11-16-30-31-19-21-34(24(3)4)43-41(31)45-39(30)32;1-15-12-20(23-14-21(15)24(2,3)4)17-10-11-19(22)18(13-17)16-8-6-5-7-9-16;/h7-16,18-25H,1-6H3;5-9,11-14H,1-4H3;/q2*-1;/i;1D3;.